The maximum atomic E-state index is 16.2. The first-order valence-corrected chi connectivity index (χ1v) is 14.6. The summed E-state index contributed by atoms with van der Waals surface area (Å²) in [6.07, 6.45) is 2.88. The number of amides is 1. The second-order valence-electron chi connectivity index (χ2n) is 11.6. The van der Waals surface area contributed by atoms with Crippen LogP contribution >= 0.6 is 0 Å². The summed E-state index contributed by atoms with van der Waals surface area (Å²) in [6.45, 7) is 13.5. The average Bonchev–Trinajstić information content (AvgIpc) is 2.99. The van der Waals surface area contributed by atoms with E-state index in [9.17, 15) is 14.0 Å². The van der Waals surface area contributed by atoms with Gasteiger partial charge in [-0.3, -0.25) is 9.78 Å². The molecule has 3 aromatic heterocycles. The normalized spacial score (nSPS) is 16.9. The number of aromatic nitrogens is 4. The molecule has 45 heavy (non-hydrogen) atoms. The van der Waals surface area contributed by atoms with Crippen LogP contribution < -0.4 is 10.6 Å². The zero-order valence-electron chi connectivity index (χ0n) is 26.1. The van der Waals surface area contributed by atoms with E-state index in [1.54, 1.807) is 17.2 Å². The molecule has 1 amide bonds. The minimum absolute atomic E-state index is 0.00424. The van der Waals surface area contributed by atoms with Crippen LogP contribution in [0.5, 0.6) is 0 Å². The summed E-state index contributed by atoms with van der Waals surface area (Å²) in [7, 11) is 1.38. The summed E-state index contributed by atoms with van der Waals surface area (Å²) in [4.78, 5) is 43.6. The van der Waals surface area contributed by atoms with E-state index < -0.39 is 34.4 Å². The highest BCUT2D eigenvalue weighted by Gasteiger charge is 2.35. The van der Waals surface area contributed by atoms with Crippen LogP contribution in [-0.4, -0.2) is 62.6 Å². The second kappa shape index (κ2) is 12.4. The zero-order chi connectivity index (χ0) is 32.7. The van der Waals surface area contributed by atoms with E-state index in [-0.39, 0.29) is 52.9 Å². The number of carbonyl (C=O) groups excluding carboxylic acids is 1. The molecule has 0 saturated carbocycles. The molecule has 1 aromatic carbocycles. The van der Waals surface area contributed by atoms with Crippen molar-refractivity contribution in [2.75, 3.05) is 25.1 Å². The Hall–Kier alpha value is -4.58. The van der Waals surface area contributed by atoms with Crippen molar-refractivity contribution in [1.82, 2.24) is 24.4 Å². The van der Waals surface area contributed by atoms with Gasteiger partial charge in [-0.2, -0.15) is 4.98 Å². The summed E-state index contributed by atoms with van der Waals surface area (Å²) < 4.78 is 52.6. The number of aryl methyl sites for hydroxylation is 1. The van der Waals surface area contributed by atoms with Crippen LogP contribution in [0.2, 0.25) is 0 Å². The Bertz CT molecular complexity index is 1860. The Kier molecular flexibility index (Phi) is 8.79. The van der Waals surface area contributed by atoms with Gasteiger partial charge < -0.3 is 14.5 Å². The van der Waals surface area contributed by atoms with Crippen molar-refractivity contribution in [3.63, 3.8) is 0 Å². The van der Waals surface area contributed by atoms with Gasteiger partial charge in [0.1, 0.15) is 11.5 Å². The number of carbonyl (C=O) groups is 1. The van der Waals surface area contributed by atoms with Gasteiger partial charge in [0.2, 0.25) is 5.91 Å². The number of ether oxygens (including phenoxy) is 1. The van der Waals surface area contributed by atoms with Crippen LogP contribution in [0.15, 0.2) is 47.9 Å². The fourth-order valence-corrected chi connectivity index (χ4v) is 6.14. The van der Waals surface area contributed by atoms with Crippen molar-refractivity contribution in [3.05, 3.63) is 87.9 Å². The molecule has 0 aliphatic carbocycles. The molecular weight excluding hydrogens is 585 g/mol. The quantitative estimate of drug-likeness (QED) is 0.254. The summed E-state index contributed by atoms with van der Waals surface area (Å²) in [5.41, 5.74) is 0.273. The maximum Gasteiger partial charge on any atom is 0.355 e. The van der Waals surface area contributed by atoms with Crippen molar-refractivity contribution in [1.29, 1.82) is 0 Å². The van der Waals surface area contributed by atoms with Gasteiger partial charge in [-0.05, 0) is 62.1 Å². The van der Waals surface area contributed by atoms with E-state index >= 15 is 8.78 Å². The number of methoxy groups -OCH3 is 1. The van der Waals surface area contributed by atoms with Gasteiger partial charge in [0.05, 0.1) is 23.4 Å². The molecule has 0 spiro atoms. The van der Waals surface area contributed by atoms with Crippen molar-refractivity contribution in [3.8, 4) is 16.9 Å². The lowest BCUT2D eigenvalue weighted by molar-refractivity contribution is -0.127. The number of fused-ring (bicyclic) bond motifs is 1. The summed E-state index contributed by atoms with van der Waals surface area (Å²) >= 11 is 0. The minimum Gasteiger partial charge on any atom is -0.380 e. The minimum atomic E-state index is -1.29. The third kappa shape index (κ3) is 5.58. The van der Waals surface area contributed by atoms with Crippen molar-refractivity contribution in [2.24, 2.45) is 0 Å². The van der Waals surface area contributed by atoms with Crippen molar-refractivity contribution in [2.45, 2.75) is 59.2 Å². The molecule has 4 heterocycles. The third-order valence-electron chi connectivity index (χ3n) is 8.09. The molecule has 1 saturated heterocycles. The van der Waals surface area contributed by atoms with Crippen LogP contribution in [-0.2, 0) is 16.1 Å². The predicted molar refractivity (Wildman–Crippen MR) is 166 cm³/mol. The fraction of sp³-hybridized carbons (Fsp3) is 0.364. The molecule has 236 valence electrons. The van der Waals surface area contributed by atoms with E-state index in [1.807, 2.05) is 39.5 Å². The van der Waals surface area contributed by atoms with E-state index in [1.165, 1.54) is 23.8 Å². The Morgan fingerprint density at radius 3 is 2.42 bits per heavy atom. The SMILES string of the molecule is C=CC(=O)N1C[C@H](C)N(c2nc(=O)n(-c3c(C)ccnc3C(C)C)c3nc(-c4c(COC)ccc(F)c4F)c(F)cc23)[C@@H](C)C1. The Balaban J connectivity index is 1.88. The Morgan fingerprint density at radius 2 is 1.80 bits per heavy atom. The number of nitrogens with zero attached hydrogens (tertiary/aromatic N) is 6. The molecule has 5 rings (SSSR count). The van der Waals surface area contributed by atoms with Gasteiger partial charge in [0, 0.05) is 44.0 Å². The molecule has 12 heteroatoms. The van der Waals surface area contributed by atoms with Gasteiger partial charge in [0.15, 0.2) is 23.1 Å². The van der Waals surface area contributed by atoms with Gasteiger partial charge in [-0.1, -0.05) is 26.5 Å². The van der Waals surface area contributed by atoms with Crippen LogP contribution in [0.4, 0.5) is 19.0 Å². The van der Waals surface area contributed by atoms with Crippen LogP contribution in [0.1, 0.15) is 50.4 Å². The van der Waals surface area contributed by atoms with Crippen LogP contribution in [0, 0.1) is 24.4 Å². The zero-order valence-corrected chi connectivity index (χ0v) is 26.1. The number of halogens is 3. The maximum absolute atomic E-state index is 16.2. The molecule has 1 aliphatic rings. The molecule has 2 atom stereocenters. The van der Waals surface area contributed by atoms with Crippen LogP contribution in [0.3, 0.4) is 0 Å². The highest BCUT2D eigenvalue weighted by Crippen LogP contribution is 2.36. The predicted octanol–water partition coefficient (Wildman–Crippen LogP) is 5.45. The lowest BCUT2D eigenvalue weighted by Crippen LogP contribution is -2.58. The highest BCUT2D eigenvalue weighted by atomic mass is 19.2. The first kappa shape index (κ1) is 31.8. The molecule has 1 fully saturated rings. The van der Waals surface area contributed by atoms with Gasteiger partial charge in [0.25, 0.3) is 0 Å². The molecular formula is C33H35F3N6O3. The lowest BCUT2D eigenvalue weighted by atomic mass is 10.0. The van der Waals surface area contributed by atoms with Gasteiger partial charge in [-0.25, -0.2) is 27.5 Å². The number of piperazine rings is 1. The third-order valence-corrected chi connectivity index (χ3v) is 8.09. The van der Waals surface area contributed by atoms with Crippen molar-refractivity contribution >= 4 is 22.8 Å². The van der Waals surface area contributed by atoms with E-state index in [0.29, 0.717) is 30.0 Å². The standard InChI is InChI=1S/C33H35F3N6O3/c1-8-25(43)40-14-19(5)41(20(6)15-40)32-22-13-24(35)29(26-21(16-45-7)9-10-23(34)27(26)36)38-31(22)42(33(44)39-32)30-18(4)11-12-37-28(30)17(2)3/h8-13,17,19-20H,1,14-16H2,2-7H3/t19-,20-/m0/s1. The lowest BCUT2D eigenvalue weighted by Gasteiger charge is -2.45. The fourth-order valence-electron chi connectivity index (χ4n) is 6.14. The molecule has 0 radical (unpaired) electrons. The summed E-state index contributed by atoms with van der Waals surface area (Å²) in [5.74, 6) is -3.59. The first-order valence-electron chi connectivity index (χ1n) is 14.6. The number of hydrogen-bond acceptors (Lipinski definition) is 7. The van der Waals surface area contributed by atoms with Gasteiger partial charge >= 0.3 is 5.69 Å². The monoisotopic (exact) mass is 620 g/mol. The van der Waals surface area contributed by atoms with Gasteiger partial charge in [-0.15, -0.1) is 0 Å². The smallest absolute Gasteiger partial charge is 0.355 e. The topological polar surface area (TPSA) is 93.5 Å². The van der Waals surface area contributed by atoms with E-state index in [0.717, 1.165) is 12.1 Å². The number of benzene rings is 1. The first-order chi connectivity index (χ1) is 21.4. The number of pyridine rings is 2. The molecule has 0 unspecified atom stereocenters. The second-order valence-corrected chi connectivity index (χ2v) is 11.6. The largest absolute Gasteiger partial charge is 0.380 e. The number of rotatable bonds is 7. The molecule has 0 bridgehead atoms. The van der Waals surface area contributed by atoms with Crippen LogP contribution in [0.25, 0.3) is 28.0 Å². The van der Waals surface area contributed by atoms with E-state index in [4.69, 9.17) is 4.74 Å². The number of anilines is 1. The average molecular weight is 621 g/mol. The van der Waals surface area contributed by atoms with E-state index in [2.05, 4.69) is 21.5 Å². The summed E-state index contributed by atoms with van der Waals surface area (Å²) in [6, 6.07) is 4.48. The van der Waals surface area contributed by atoms with Crippen molar-refractivity contribution < 1.29 is 22.7 Å². The molecule has 9 nitrogen and oxygen atoms in total. The molecule has 1 aliphatic heterocycles. The highest BCUT2D eigenvalue weighted by molar-refractivity contribution is 5.91. The number of hydrogen-bond donors (Lipinski definition) is 0. The molecule has 0 N–H and O–H groups in total. The summed E-state index contributed by atoms with van der Waals surface area (Å²) in [5, 5.41) is 0.182. The molecule has 4 aromatic rings. The Labute approximate surface area is 259 Å². The Morgan fingerprint density at radius 1 is 1.11 bits per heavy atom.